The maximum atomic E-state index is 10.7. The molecule has 0 unspecified atom stereocenters. The van der Waals surface area contributed by atoms with Crippen molar-refractivity contribution in [3.05, 3.63) is 0 Å². The van der Waals surface area contributed by atoms with Gasteiger partial charge in [0.05, 0.1) is 13.2 Å². The van der Waals surface area contributed by atoms with Crippen LogP contribution in [-0.4, -0.2) is 36.9 Å². The summed E-state index contributed by atoms with van der Waals surface area (Å²) in [5, 5.41) is 12.8. The monoisotopic (exact) mass is 144 g/mol. The second kappa shape index (κ2) is 2.98. The Balaban J connectivity index is 2.37. The Morgan fingerprint density at radius 3 is 2.90 bits per heavy atom. The van der Waals surface area contributed by atoms with Gasteiger partial charge in [0.2, 0.25) is 0 Å². The summed E-state index contributed by atoms with van der Waals surface area (Å²) in [7, 11) is 1.32. The van der Waals surface area contributed by atoms with E-state index in [9.17, 15) is 4.79 Å². The second-order valence-electron chi connectivity index (χ2n) is 2.29. The van der Waals surface area contributed by atoms with Gasteiger partial charge in [0.1, 0.15) is 6.04 Å². The SMILES string of the molecule is COC(=O)[C@H]1C[C@@H](O)C[N]1. The van der Waals surface area contributed by atoms with Crippen molar-refractivity contribution in [3.8, 4) is 0 Å². The van der Waals surface area contributed by atoms with Crippen molar-refractivity contribution < 1.29 is 14.6 Å². The molecule has 1 aliphatic rings. The van der Waals surface area contributed by atoms with E-state index in [0.717, 1.165) is 0 Å². The Morgan fingerprint density at radius 2 is 2.50 bits per heavy atom. The van der Waals surface area contributed by atoms with Crippen LogP contribution in [0.5, 0.6) is 0 Å². The Labute approximate surface area is 59.2 Å². The molecule has 0 aromatic rings. The minimum absolute atomic E-state index is 0.350. The molecule has 1 radical (unpaired) electrons. The molecular formula is C6H10NO3. The lowest BCUT2D eigenvalue weighted by atomic mass is 10.2. The standard InChI is InChI=1S/C6H10NO3/c1-10-6(9)5-2-4(8)3-7-5/h4-5,8H,2-3H2,1H3/t4-,5-/m1/s1. The van der Waals surface area contributed by atoms with Crippen molar-refractivity contribution in [2.75, 3.05) is 13.7 Å². The number of nitrogens with zero attached hydrogens (tertiary/aromatic N) is 1. The summed E-state index contributed by atoms with van der Waals surface area (Å²) in [5.74, 6) is -0.350. The van der Waals surface area contributed by atoms with Crippen LogP contribution in [0.25, 0.3) is 0 Å². The minimum Gasteiger partial charge on any atom is -0.468 e. The molecule has 0 aliphatic carbocycles. The minimum atomic E-state index is -0.455. The van der Waals surface area contributed by atoms with Gasteiger partial charge >= 0.3 is 5.97 Å². The number of esters is 1. The van der Waals surface area contributed by atoms with Gasteiger partial charge in [-0.25, -0.2) is 5.32 Å². The summed E-state index contributed by atoms with van der Waals surface area (Å²) in [4.78, 5) is 10.7. The summed E-state index contributed by atoms with van der Waals surface area (Å²) in [6, 6.07) is -0.431. The molecule has 1 aliphatic heterocycles. The van der Waals surface area contributed by atoms with Crippen LogP contribution >= 0.6 is 0 Å². The molecule has 1 N–H and O–H groups in total. The number of ether oxygens (including phenoxy) is 1. The Bertz CT molecular complexity index is 137. The zero-order valence-corrected chi connectivity index (χ0v) is 5.78. The van der Waals surface area contributed by atoms with Crippen molar-refractivity contribution in [2.45, 2.75) is 18.6 Å². The molecule has 0 bridgehead atoms. The number of carbonyl (C=O) groups is 1. The fourth-order valence-corrected chi connectivity index (χ4v) is 0.963. The molecule has 1 heterocycles. The largest absolute Gasteiger partial charge is 0.468 e. The number of hydrogen-bond acceptors (Lipinski definition) is 3. The van der Waals surface area contributed by atoms with Gasteiger partial charge in [-0.2, -0.15) is 0 Å². The highest BCUT2D eigenvalue weighted by atomic mass is 16.5. The molecule has 0 saturated carbocycles. The van der Waals surface area contributed by atoms with E-state index < -0.39 is 12.1 Å². The number of hydrogen-bond donors (Lipinski definition) is 1. The van der Waals surface area contributed by atoms with Gasteiger partial charge in [-0.15, -0.1) is 0 Å². The van der Waals surface area contributed by atoms with E-state index in [0.29, 0.717) is 13.0 Å². The predicted octanol–water partition coefficient (Wildman–Crippen LogP) is -1.10. The van der Waals surface area contributed by atoms with Crippen molar-refractivity contribution in [3.63, 3.8) is 0 Å². The topological polar surface area (TPSA) is 60.6 Å². The smallest absolute Gasteiger partial charge is 0.324 e. The predicted molar refractivity (Wildman–Crippen MR) is 33.4 cm³/mol. The molecule has 4 nitrogen and oxygen atoms in total. The lowest BCUT2D eigenvalue weighted by Crippen LogP contribution is -2.26. The second-order valence-corrected chi connectivity index (χ2v) is 2.29. The van der Waals surface area contributed by atoms with Crippen LogP contribution in [0.2, 0.25) is 0 Å². The summed E-state index contributed by atoms with van der Waals surface area (Å²) in [6.45, 7) is 0.361. The quantitative estimate of drug-likeness (QED) is 0.475. The molecule has 1 saturated heterocycles. The fraction of sp³-hybridized carbons (Fsp3) is 0.833. The van der Waals surface area contributed by atoms with E-state index >= 15 is 0 Å². The van der Waals surface area contributed by atoms with Gasteiger partial charge in [-0.05, 0) is 0 Å². The molecule has 0 aromatic heterocycles. The van der Waals surface area contributed by atoms with Crippen LogP contribution in [0.4, 0.5) is 0 Å². The highest BCUT2D eigenvalue weighted by molar-refractivity contribution is 5.76. The summed E-state index contributed by atoms with van der Waals surface area (Å²) in [6.07, 6.45) is -0.0451. The van der Waals surface area contributed by atoms with E-state index in [1.54, 1.807) is 0 Å². The van der Waals surface area contributed by atoms with Crippen LogP contribution in [0.1, 0.15) is 6.42 Å². The molecular weight excluding hydrogens is 134 g/mol. The van der Waals surface area contributed by atoms with E-state index in [4.69, 9.17) is 5.11 Å². The third-order valence-corrected chi connectivity index (χ3v) is 1.51. The molecule has 4 heteroatoms. The molecule has 2 atom stereocenters. The Hall–Kier alpha value is -0.610. The first-order chi connectivity index (χ1) is 4.74. The summed E-state index contributed by atoms with van der Waals surface area (Å²) in [5.41, 5.74) is 0. The van der Waals surface area contributed by atoms with Crippen LogP contribution in [0.15, 0.2) is 0 Å². The Kier molecular flexibility index (Phi) is 2.24. The van der Waals surface area contributed by atoms with Gasteiger partial charge in [0.25, 0.3) is 0 Å². The number of aliphatic hydroxyl groups is 1. The molecule has 10 heavy (non-hydrogen) atoms. The molecule has 0 amide bonds. The average molecular weight is 144 g/mol. The van der Waals surface area contributed by atoms with Crippen LogP contribution in [0.3, 0.4) is 0 Å². The van der Waals surface area contributed by atoms with E-state index in [-0.39, 0.29) is 5.97 Å². The van der Waals surface area contributed by atoms with E-state index in [2.05, 4.69) is 10.1 Å². The lowest BCUT2D eigenvalue weighted by Gasteiger charge is -2.03. The highest BCUT2D eigenvalue weighted by Crippen LogP contribution is 2.08. The number of aliphatic hydroxyl groups excluding tert-OH is 1. The third-order valence-electron chi connectivity index (χ3n) is 1.51. The van der Waals surface area contributed by atoms with Crippen LogP contribution < -0.4 is 5.32 Å². The van der Waals surface area contributed by atoms with E-state index in [1.165, 1.54) is 7.11 Å². The molecule has 0 spiro atoms. The van der Waals surface area contributed by atoms with Crippen molar-refractivity contribution in [1.82, 2.24) is 5.32 Å². The maximum Gasteiger partial charge on any atom is 0.324 e. The molecule has 1 rings (SSSR count). The summed E-state index contributed by atoms with van der Waals surface area (Å²) >= 11 is 0. The number of methoxy groups -OCH3 is 1. The Morgan fingerprint density at radius 1 is 1.80 bits per heavy atom. The lowest BCUT2D eigenvalue weighted by molar-refractivity contribution is -0.142. The van der Waals surface area contributed by atoms with E-state index in [1.807, 2.05) is 0 Å². The first kappa shape index (κ1) is 7.50. The number of rotatable bonds is 1. The van der Waals surface area contributed by atoms with Crippen molar-refractivity contribution in [2.24, 2.45) is 0 Å². The van der Waals surface area contributed by atoms with Crippen LogP contribution in [0, 0.1) is 0 Å². The zero-order valence-electron chi connectivity index (χ0n) is 5.78. The van der Waals surface area contributed by atoms with Gasteiger partial charge < -0.3 is 9.84 Å². The normalized spacial score (nSPS) is 32.2. The highest BCUT2D eigenvalue weighted by Gasteiger charge is 2.29. The first-order valence-electron chi connectivity index (χ1n) is 3.16. The van der Waals surface area contributed by atoms with Gasteiger partial charge in [0.15, 0.2) is 0 Å². The fourth-order valence-electron chi connectivity index (χ4n) is 0.963. The average Bonchev–Trinajstić information content (AvgIpc) is 2.34. The zero-order chi connectivity index (χ0) is 7.56. The molecule has 0 aromatic carbocycles. The van der Waals surface area contributed by atoms with Gasteiger partial charge in [-0.1, -0.05) is 0 Å². The van der Waals surface area contributed by atoms with Crippen molar-refractivity contribution in [1.29, 1.82) is 0 Å². The first-order valence-corrected chi connectivity index (χ1v) is 3.16. The van der Waals surface area contributed by atoms with Crippen LogP contribution in [-0.2, 0) is 9.53 Å². The number of carbonyl (C=O) groups excluding carboxylic acids is 1. The molecule has 1 fully saturated rings. The third kappa shape index (κ3) is 1.46. The van der Waals surface area contributed by atoms with Gasteiger partial charge in [-0.3, -0.25) is 4.79 Å². The molecule has 57 valence electrons. The summed E-state index contributed by atoms with van der Waals surface area (Å²) < 4.78 is 4.44. The van der Waals surface area contributed by atoms with Gasteiger partial charge in [0, 0.05) is 13.0 Å². The maximum absolute atomic E-state index is 10.7. The van der Waals surface area contributed by atoms with Crippen molar-refractivity contribution >= 4 is 5.97 Å².